The highest BCUT2D eigenvalue weighted by Gasteiger charge is 2.27. The van der Waals surface area contributed by atoms with E-state index in [2.05, 4.69) is 0 Å². The highest BCUT2D eigenvalue weighted by molar-refractivity contribution is 5.95. The standard InChI is InChI=1S/C14H19N3O4/c1-9(15)11-3-2-6-16(8-11)14(19)10-4-5-12(17(20)21)13(18)7-10/h4-5,7,9,11,18H,2-3,6,8,15H2,1H3. The van der Waals surface area contributed by atoms with Crippen LogP contribution >= 0.6 is 0 Å². The fourth-order valence-electron chi connectivity index (χ4n) is 2.62. The van der Waals surface area contributed by atoms with Gasteiger partial charge in [0.25, 0.3) is 5.91 Å². The molecule has 2 atom stereocenters. The SMILES string of the molecule is CC(N)C1CCCN(C(=O)c2ccc([N+](=O)[O-])c(O)c2)C1. The van der Waals surface area contributed by atoms with E-state index in [0.29, 0.717) is 13.1 Å². The first-order valence-corrected chi connectivity index (χ1v) is 6.92. The van der Waals surface area contributed by atoms with Gasteiger partial charge in [-0.15, -0.1) is 0 Å². The number of phenolic OH excluding ortho intramolecular Hbond substituents is 1. The van der Waals surface area contributed by atoms with Crippen LogP contribution in [0.3, 0.4) is 0 Å². The summed E-state index contributed by atoms with van der Waals surface area (Å²) in [6.45, 7) is 3.14. The molecule has 0 spiro atoms. The molecule has 1 aromatic carbocycles. The summed E-state index contributed by atoms with van der Waals surface area (Å²) in [6.07, 6.45) is 1.88. The highest BCUT2D eigenvalue weighted by atomic mass is 16.6. The second kappa shape index (κ2) is 6.09. The van der Waals surface area contributed by atoms with Crippen LogP contribution in [0.25, 0.3) is 0 Å². The summed E-state index contributed by atoms with van der Waals surface area (Å²) in [6, 6.07) is 3.69. The second-order valence-corrected chi connectivity index (χ2v) is 5.47. The van der Waals surface area contributed by atoms with Gasteiger partial charge < -0.3 is 15.7 Å². The van der Waals surface area contributed by atoms with Gasteiger partial charge in [0.05, 0.1) is 4.92 Å². The van der Waals surface area contributed by atoms with Gasteiger partial charge in [0, 0.05) is 30.8 Å². The number of aromatic hydroxyl groups is 1. The Morgan fingerprint density at radius 1 is 1.57 bits per heavy atom. The highest BCUT2D eigenvalue weighted by Crippen LogP contribution is 2.28. The summed E-state index contributed by atoms with van der Waals surface area (Å²) in [4.78, 5) is 24.1. The van der Waals surface area contributed by atoms with E-state index in [1.165, 1.54) is 6.07 Å². The molecule has 1 aromatic rings. The van der Waals surface area contributed by atoms with Crippen molar-refractivity contribution in [2.45, 2.75) is 25.8 Å². The molecule has 7 heteroatoms. The molecule has 7 nitrogen and oxygen atoms in total. The van der Waals surface area contributed by atoms with E-state index in [4.69, 9.17) is 5.73 Å². The lowest BCUT2D eigenvalue weighted by molar-refractivity contribution is -0.385. The summed E-state index contributed by atoms with van der Waals surface area (Å²) >= 11 is 0. The maximum absolute atomic E-state index is 12.4. The first-order chi connectivity index (χ1) is 9.90. The lowest BCUT2D eigenvalue weighted by Gasteiger charge is -2.34. The number of nitro groups is 1. The molecule has 0 saturated carbocycles. The van der Waals surface area contributed by atoms with Gasteiger partial charge in [-0.1, -0.05) is 0 Å². The van der Waals surface area contributed by atoms with Crippen molar-refractivity contribution in [2.24, 2.45) is 11.7 Å². The third-order valence-corrected chi connectivity index (χ3v) is 3.91. The normalized spacial score (nSPS) is 20.1. The van der Waals surface area contributed by atoms with E-state index in [1.807, 2.05) is 6.92 Å². The molecule has 0 bridgehead atoms. The summed E-state index contributed by atoms with van der Waals surface area (Å²) in [7, 11) is 0. The van der Waals surface area contributed by atoms with Crippen molar-refractivity contribution in [3.63, 3.8) is 0 Å². The van der Waals surface area contributed by atoms with Gasteiger partial charge in [0.1, 0.15) is 0 Å². The van der Waals surface area contributed by atoms with E-state index < -0.39 is 16.4 Å². The molecule has 1 aliphatic heterocycles. The van der Waals surface area contributed by atoms with Gasteiger partial charge in [0.15, 0.2) is 5.75 Å². The summed E-state index contributed by atoms with van der Waals surface area (Å²) in [5, 5.41) is 20.3. The van der Waals surface area contributed by atoms with Crippen LogP contribution in [0, 0.1) is 16.0 Å². The minimum absolute atomic E-state index is 0.0193. The first kappa shape index (κ1) is 15.2. The molecule has 0 aromatic heterocycles. The Kier molecular flexibility index (Phi) is 4.42. The van der Waals surface area contributed by atoms with Crippen molar-refractivity contribution < 1.29 is 14.8 Å². The third kappa shape index (κ3) is 3.30. The van der Waals surface area contributed by atoms with Gasteiger partial charge in [-0.2, -0.15) is 0 Å². The molecule has 3 N–H and O–H groups in total. The molecule has 114 valence electrons. The smallest absolute Gasteiger partial charge is 0.310 e. The van der Waals surface area contributed by atoms with Gasteiger partial charge in [-0.05, 0) is 37.8 Å². The Balaban J connectivity index is 2.16. The Morgan fingerprint density at radius 2 is 2.29 bits per heavy atom. The zero-order valence-electron chi connectivity index (χ0n) is 11.9. The molecule has 1 saturated heterocycles. The average Bonchev–Trinajstić information content (AvgIpc) is 2.46. The minimum Gasteiger partial charge on any atom is -0.502 e. The average molecular weight is 293 g/mol. The number of piperidine rings is 1. The van der Waals surface area contributed by atoms with Gasteiger partial charge in [0.2, 0.25) is 0 Å². The zero-order chi connectivity index (χ0) is 15.6. The van der Waals surface area contributed by atoms with Gasteiger partial charge in [-0.25, -0.2) is 0 Å². The number of likely N-dealkylation sites (tertiary alicyclic amines) is 1. The zero-order valence-corrected chi connectivity index (χ0v) is 11.9. The van der Waals surface area contributed by atoms with Crippen LogP contribution in [-0.4, -0.2) is 40.0 Å². The molecule has 21 heavy (non-hydrogen) atoms. The second-order valence-electron chi connectivity index (χ2n) is 5.47. The Hall–Kier alpha value is -2.15. The molecule has 1 aliphatic rings. The van der Waals surface area contributed by atoms with Crippen molar-refractivity contribution in [1.82, 2.24) is 4.90 Å². The summed E-state index contributed by atoms with van der Waals surface area (Å²) in [5.74, 6) is -0.466. The molecule has 0 aliphatic carbocycles. The largest absolute Gasteiger partial charge is 0.502 e. The number of nitro benzene ring substituents is 1. The number of nitrogens with two attached hydrogens (primary N) is 1. The number of amides is 1. The van der Waals surface area contributed by atoms with Crippen molar-refractivity contribution in [2.75, 3.05) is 13.1 Å². The van der Waals surface area contributed by atoms with E-state index in [-0.39, 0.29) is 23.4 Å². The number of phenols is 1. The number of carbonyl (C=O) groups excluding carboxylic acids is 1. The number of hydrogen-bond acceptors (Lipinski definition) is 5. The molecule has 1 amide bonds. The Morgan fingerprint density at radius 3 is 2.86 bits per heavy atom. The number of rotatable bonds is 3. The minimum atomic E-state index is -0.684. The predicted octanol–water partition coefficient (Wildman–Crippen LogP) is 1.50. The quantitative estimate of drug-likeness (QED) is 0.648. The number of nitrogens with zero attached hydrogens (tertiary/aromatic N) is 2. The van der Waals surface area contributed by atoms with Gasteiger partial charge in [-0.3, -0.25) is 14.9 Å². The van der Waals surface area contributed by atoms with Crippen LogP contribution < -0.4 is 5.73 Å². The molecule has 1 heterocycles. The van der Waals surface area contributed by atoms with Crippen LogP contribution in [-0.2, 0) is 0 Å². The van der Waals surface area contributed by atoms with E-state index >= 15 is 0 Å². The predicted molar refractivity (Wildman–Crippen MR) is 77.0 cm³/mol. The molecule has 2 unspecified atom stereocenters. The molecule has 1 fully saturated rings. The molecule has 0 radical (unpaired) electrons. The van der Waals surface area contributed by atoms with Crippen LogP contribution in [0.4, 0.5) is 5.69 Å². The summed E-state index contributed by atoms with van der Waals surface area (Å²) in [5.41, 5.74) is 5.74. The van der Waals surface area contributed by atoms with Crippen molar-refractivity contribution >= 4 is 11.6 Å². The summed E-state index contributed by atoms with van der Waals surface area (Å²) < 4.78 is 0. The fourth-order valence-corrected chi connectivity index (χ4v) is 2.62. The topological polar surface area (TPSA) is 110 Å². The maximum Gasteiger partial charge on any atom is 0.310 e. The van der Waals surface area contributed by atoms with Crippen molar-refractivity contribution in [1.29, 1.82) is 0 Å². The van der Waals surface area contributed by atoms with E-state index in [0.717, 1.165) is 25.0 Å². The molecular formula is C14H19N3O4. The van der Waals surface area contributed by atoms with Crippen LogP contribution in [0.2, 0.25) is 0 Å². The van der Waals surface area contributed by atoms with Crippen LogP contribution in [0.15, 0.2) is 18.2 Å². The molecule has 2 rings (SSSR count). The van der Waals surface area contributed by atoms with Crippen molar-refractivity contribution in [3.05, 3.63) is 33.9 Å². The molecular weight excluding hydrogens is 274 g/mol. The monoisotopic (exact) mass is 293 g/mol. The lowest BCUT2D eigenvalue weighted by atomic mass is 9.92. The Labute approximate surface area is 122 Å². The number of benzene rings is 1. The van der Waals surface area contributed by atoms with Crippen LogP contribution in [0.1, 0.15) is 30.1 Å². The number of carbonyl (C=O) groups is 1. The maximum atomic E-state index is 12.4. The van der Waals surface area contributed by atoms with Crippen molar-refractivity contribution in [3.8, 4) is 5.75 Å². The lowest BCUT2D eigenvalue weighted by Crippen LogP contribution is -2.45. The van der Waals surface area contributed by atoms with Gasteiger partial charge >= 0.3 is 5.69 Å². The third-order valence-electron chi connectivity index (χ3n) is 3.91. The Bertz CT molecular complexity index is 559. The fraction of sp³-hybridized carbons (Fsp3) is 0.500. The van der Waals surface area contributed by atoms with E-state index in [9.17, 15) is 20.0 Å². The first-order valence-electron chi connectivity index (χ1n) is 6.92. The van der Waals surface area contributed by atoms with E-state index in [1.54, 1.807) is 4.90 Å². The number of hydrogen-bond donors (Lipinski definition) is 2. The van der Waals surface area contributed by atoms with Crippen LogP contribution in [0.5, 0.6) is 5.75 Å².